The first kappa shape index (κ1) is 17.6. The number of ether oxygens (including phenoxy) is 2. The molecule has 0 saturated heterocycles. The number of carbonyl (C=O) groups is 2. The van der Waals surface area contributed by atoms with Gasteiger partial charge in [0.25, 0.3) is 0 Å². The van der Waals surface area contributed by atoms with Crippen LogP contribution in [0.2, 0.25) is 0 Å². The molecule has 2 aromatic rings. The third kappa shape index (κ3) is 3.42. The number of amides is 1. The van der Waals surface area contributed by atoms with Gasteiger partial charge in [0.2, 0.25) is 0 Å². The molecule has 0 aliphatic heterocycles. The second-order valence-electron chi connectivity index (χ2n) is 4.80. The van der Waals surface area contributed by atoms with Crippen LogP contribution in [-0.2, 0) is 14.3 Å². The zero-order chi connectivity index (χ0) is 17.9. The fourth-order valence-electron chi connectivity index (χ4n) is 2.28. The Morgan fingerprint density at radius 1 is 1.04 bits per heavy atom. The third-order valence-corrected chi connectivity index (χ3v) is 3.37. The van der Waals surface area contributed by atoms with Gasteiger partial charge in [-0.2, -0.15) is 13.2 Å². The summed E-state index contributed by atoms with van der Waals surface area (Å²) < 4.78 is 48.3. The lowest BCUT2D eigenvalue weighted by molar-refractivity contribution is -0.171. The summed E-state index contributed by atoms with van der Waals surface area (Å²) in [7, 11) is 2.46. The van der Waals surface area contributed by atoms with Crippen LogP contribution in [0.4, 0.5) is 18.9 Å². The van der Waals surface area contributed by atoms with Gasteiger partial charge in [0.15, 0.2) is 0 Å². The smallest absolute Gasteiger partial charge is 0.471 e. The number of fused-ring (bicyclic) bond motifs is 1. The van der Waals surface area contributed by atoms with E-state index in [1.54, 1.807) is 24.3 Å². The van der Waals surface area contributed by atoms with Gasteiger partial charge in [-0.05, 0) is 12.1 Å². The highest BCUT2D eigenvalue weighted by Gasteiger charge is 2.44. The highest BCUT2D eigenvalue weighted by Crippen LogP contribution is 2.35. The first-order valence-electron chi connectivity index (χ1n) is 6.80. The van der Waals surface area contributed by atoms with Crippen molar-refractivity contribution in [2.45, 2.75) is 6.18 Å². The molecular formula is C16H14F3NO4. The van der Waals surface area contributed by atoms with Gasteiger partial charge in [-0.1, -0.05) is 24.3 Å². The van der Waals surface area contributed by atoms with E-state index in [1.165, 1.54) is 19.2 Å². The lowest BCUT2D eigenvalue weighted by atomic mass is 10.1. The Morgan fingerprint density at radius 2 is 1.67 bits per heavy atom. The summed E-state index contributed by atoms with van der Waals surface area (Å²) in [6.45, 7) is -0.856. The number of esters is 1. The monoisotopic (exact) mass is 341 g/mol. The summed E-state index contributed by atoms with van der Waals surface area (Å²) in [6, 6.07) is 9.22. The van der Waals surface area contributed by atoms with E-state index in [9.17, 15) is 22.8 Å². The number of rotatable bonds is 4. The van der Waals surface area contributed by atoms with E-state index >= 15 is 0 Å². The van der Waals surface area contributed by atoms with Crippen LogP contribution in [-0.4, -0.2) is 38.8 Å². The van der Waals surface area contributed by atoms with Gasteiger partial charge in [0, 0.05) is 10.8 Å². The molecule has 0 aliphatic rings. The van der Waals surface area contributed by atoms with Crippen LogP contribution in [0.3, 0.4) is 0 Å². The van der Waals surface area contributed by atoms with Crippen LogP contribution >= 0.6 is 0 Å². The van der Waals surface area contributed by atoms with E-state index in [2.05, 4.69) is 4.74 Å². The SMILES string of the molecule is COC(=O)CN(C(=O)C(F)(F)F)c1ccc(OC)c2ccccc12. The molecule has 0 aromatic heterocycles. The lowest BCUT2D eigenvalue weighted by Crippen LogP contribution is -2.44. The highest BCUT2D eigenvalue weighted by molar-refractivity contribution is 6.09. The summed E-state index contributed by atoms with van der Waals surface area (Å²) >= 11 is 0. The number of hydrogen-bond donors (Lipinski definition) is 0. The Morgan fingerprint density at radius 3 is 2.21 bits per heavy atom. The predicted octanol–water partition coefficient (Wildman–Crippen LogP) is 2.92. The number of carbonyl (C=O) groups excluding carboxylic acids is 2. The fraction of sp³-hybridized carbons (Fsp3) is 0.250. The van der Waals surface area contributed by atoms with Crippen molar-refractivity contribution in [3.8, 4) is 5.75 Å². The average Bonchev–Trinajstić information content (AvgIpc) is 2.57. The normalized spacial score (nSPS) is 11.2. The number of alkyl halides is 3. The highest BCUT2D eigenvalue weighted by atomic mass is 19.4. The zero-order valence-corrected chi connectivity index (χ0v) is 12.9. The summed E-state index contributed by atoms with van der Waals surface area (Å²) in [5, 5.41) is 0.862. The fourth-order valence-corrected chi connectivity index (χ4v) is 2.28. The Labute approximate surface area is 135 Å². The second-order valence-corrected chi connectivity index (χ2v) is 4.80. The van der Waals surface area contributed by atoms with Gasteiger partial charge >= 0.3 is 18.1 Å². The van der Waals surface area contributed by atoms with Crippen molar-refractivity contribution in [3.63, 3.8) is 0 Å². The molecule has 0 spiro atoms. The van der Waals surface area contributed by atoms with Gasteiger partial charge in [-0.25, -0.2) is 0 Å². The Balaban J connectivity index is 2.64. The van der Waals surface area contributed by atoms with Crippen LogP contribution in [0.5, 0.6) is 5.75 Å². The number of hydrogen-bond acceptors (Lipinski definition) is 4. The van der Waals surface area contributed by atoms with Crippen LogP contribution in [0.15, 0.2) is 36.4 Å². The minimum absolute atomic E-state index is 0.0564. The molecule has 0 radical (unpaired) electrons. The molecule has 0 aliphatic carbocycles. The van der Waals surface area contributed by atoms with E-state index in [1.807, 2.05) is 0 Å². The maximum Gasteiger partial charge on any atom is 0.471 e. The van der Waals surface area contributed by atoms with Crippen LogP contribution in [0.25, 0.3) is 10.8 Å². The number of halogens is 3. The number of methoxy groups -OCH3 is 2. The zero-order valence-electron chi connectivity index (χ0n) is 12.9. The molecule has 1 amide bonds. The van der Waals surface area contributed by atoms with Crippen LogP contribution in [0.1, 0.15) is 0 Å². The summed E-state index contributed by atoms with van der Waals surface area (Å²) in [4.78, 5) is 23.6. The topological polar surface area (TPSA) is 55.8 Å². The van der Waals surface area contributed by atoms with Crippen molar-refractivity contribution in [1.82, 2.24) is 0 Å². The number of anilines is 1. The first-order chi connectivity index (χ1) is 11.3. The first-order valence-corrected chi connectivity index (χ1v) is 6.80. The van der Waals surface area contributed by atoms with Crippen molar-refractivity contribution in [3.05, 3.63) is 36.4 Å². The molecule has 2 rings (SSSR count). The maximum absolute atomic E-state index is 12.9. The standard InChI is InChI=1S/C16H14F3NO4/c1-23-13-8-7-12(10-5-3-4-6-11(10)13)20(9-14(21)24-2)15(22)16(17,18)19/h3-8H,9H2,1-2H3. The largest absolute Gasteiger partial charge is 0.496 e. The van der Waals surface area contributed by atoms with Crippen molar-refractivity contribution < 1.29 is 32.2 Å². The molecule has 0 unspecified atom stereocenters. The van der Waals surface area contributed by atoms with Crippen molar-refractivity contribution in [1.29, 1.82) is 0 Å². The number of benzene rings is 2. The van der Waals surface area contributed by atoms with E-state index in [0.29, 0.717) is 21.4 Å². The molecule has 128 valence electrons. The molecule has 24 heavy (non-hydrogen) atoms. The molecule has 2 aromatic carbocycles. The molecule has 0 heterocycles. The van der Waals surface area contributed by atoms with Crippen LogP contribution in [0, 0.1) is 0 Å². The molecule has 0 saturated carbocycles. The molecule has 0 N–H and O–H groups in total. The summed E-state index contributed by atoms with van der Waals surface area (Å²) in [5.74, 6) is -2.68. The molecule has 0 fully saturated rings. The molecule has 0 atom stereocenters. The second kappa shape index (κ2) is 6.77. The van der Waals surface area contributed by atoms with E-state index in [4.69, 9.17) is 4.74 Å². The molecule has 8 heteroatoms. The van der Waals surface area contributed by atoms with Crippen molar-refractivity contribution in [2.24, 2.45) is 0 Å². The quantitative estimate of drug-likeness (QED) is 0.803. The summed E-state index contributed by atoms with van der Waals surface area (Å²) in [6.07, 6.45) is -5.13. The molecule has 0 bridgehead atoms. The van der Waals surface area contributed by atoms with Crippen molar-refractivity contribution >= 4 is 28.3 Å². The van der Waals surface area contributed by atoms with Gasteiger partial charge in [-0.15, -0.1) is 0 Å². The van der Waals surface area contributed by atoms with Gasteiger partial charge < -0.3 is 9.47 Å². The van der Waals surface area contributed by atoms with Crippen molar-refractivity contribution in [2.75, 3.05) is 25.7 Å². The predicted molar refractivity (Wildman–Crippen MR) is 80.9 cm³/mol. The number of nitrogens with zero attached hydrogens (tertiary/aromatic N) is 1. The molecule has 5 nitrogen and oxygen atoms in total. The average molecular weight is 341 g/mol. The lowest BCUT2D eigenvalue weighted by Gasteiger charge is -2.24. The maximum atomic E-state index is 12.9. The third-order valence-electron chi connectivity index (χ3n) is 3.37. The summed E-state index contributed by atoms with van der Waals surface area (Å²) in [5.41, 5.74) is -0.0564. The minimum Gasteiger partial charge on any atom is -0.496 e. The van der Waals surface area contributed by atoms with Crippen LogP contribution < -0.4 is 9.64 Å². The van der Waals surface area contributed by atoms with Gasteiger partial charge in [0.05, 0.1) is 19.9 Å². The van der Waals surface area contributed by atoms with Gasteiger partial charge in [0.1, 0.15) is 12.3 Å². The Hall–Kier alpha value is -2.77. The molecular weight excluding hydrogens is 327 g/mol. The van der Waals surface area contributed by atoms with Gasteiger partial charge in [-0.3, -0.25) is 14.5 Å². The Bertz CT molecular complexity index is 773. The Kier molecular flexibility index (Phi) is 4.96. The van der Waals surface area contributed by atoms with E-state index < -0.39 is 24.6 Å². The van der Waals surface area contributed by atoms with E-state index in [0.717, 1.165) is 7.11 Å². The van der Waals surface area contributed by atoms with E-state index in [-0.39, 0.29) is 5.69 Å². The minimum atomic E-state index is -5.13.